The maximum Gasteiger partial charge on any atom is 0.169 e. The summed E-state index contributed by atoms with van der Waals surface area (Å²) >= 11 is 5.63. The minimum Gasteiger partial charge on any atom is -0.360 e. The molecule has 1 N–H and O–H groups in total. The molecule has 2 bridgehead atoms. The number of fused-ring (bicyclic) bond motifs is 2. The maximum atomic E-state index is 5.63. The Labute approximate surface area is 126 Å². The predicted octanol–water partition coefficient (Wildman–Crippen LogP) is 2.97. The Morgan fingerprint density at radius 1 is 1.35 bits per heavy atom. The minimum atomic E-state index is 0.618. The Kier molecular flexibility index (Phi) is 4.20. The molecule has 0 amide bonds. The number of pyridine rings is 1. The van der Waals surface area contributed by atoms with Crippen LogP contribution in [0.5, 0.6) is 0 Å². The largest absolute Gasteiger partial charge is 0.360 e. The second-order valence-corrected chi connectivity index (χ2v) is 6.49. The Hall–Kier alpha value is -1.16. The lowest BCUT2D eigenvalue weighted by molar-refractivity contribution is 0.361. The molecule has 3 atom stereocenters. The number of nitrogens with zero attached hydrogens (tertiary/aromatic N) is 2. The molecule has 3 rings (SSSR count). The van der Waals surface area contributed by atoms with E-state index < -0.39 is 0 Å². The van der Waals surface area contributed by atoms with Crippen molar-refractivity contribution < 1.29 is 0 Å². The van der Waals surface area contributed by atoms with Gasteiger partial charge in [0.05, 0.1) is 0 Å². The van der Waals surface area contributed by atoms with Gasteiger partial charge in [-0.15, -0.1) is 0 Å². The second kappa shape index (κ2) is 6.08. The molecular formula is C16H23N3S. The number of thiocarbonyl (C=S) groups is 1. The molecule has 108 valence electrons. The molecule has 1 aromatic heterocycles. The van der Waals surface area contributed by atoms with Gasteiger partial charge in [0, 0.05) is 31.5 Å². The second-order valence-electron chi connectivity index (χ2n) is 6.10. The van der Waals surface area contributed by atoms with Gasteiger partial charge >= 0.3 is 0 Å². The first kappa shape index (κ1) is 13.8. The fourth-order valence-corrected chi connectivity index (χ4v) is 4.05. The molecule has 0 unspecified atom stereocenters. The van der Waals surface area contributed by atoms with E-state index in [4.69, 9.17) is 12.2 Å². The summed E-state index contributed by atoms with van der Waals surface area (Å²) in [7, 11) is 0. The van der Waals surface area contributed by atoms with Crippen LogP contribution < -0.4 is 5.32 Å². The van der Waals surface area contributed by atoms with Crippen molar-refractivity contribution in [1.82, 2.24) is 15.2 Å². The van der Waals surface area contributed by atoms with Gasteiger partial charge in [-0.25, -0.2) is 0 Å². The van der Waals surface area contributed by atoms with Crippen molar-refractivity contribution in [2.75, 3.05) is 6.54 Å². The number of nitrogens with one attached hydrogen (secondary N) is 1. The van der Waals surface area contributed by atoms with Gasteiger partial charge in [0.25, 0.3) is 0 Å². The van der Waals surface area contributed by atoms with Gasteiger partial charge in [0.1, 0.15) is 0 Å². The van der Waals surface area contributed by atoms with Crippen LogP contribution in [0.4, 0.5) is 0 Å². The van der Waals surface area contributed by atoms with E-state index >= 15 is 0 Å². The van der Waals surface area contributed by atoms with Crippen molar-refractivity contribution in [3.63, 3.8) is 0 Å². The molecule has 0 aliphatic heterocycles. The Morgan fingerprint density at radius 2 is 2.15 bits per heavy atom. The highest BCUT2D eigenvalue weighted by Crippen LogP contribution is 2.44. The van der Waals surface area contributed by atoms with Crippen molar-refractivity contribution in [2.24, 2.45) is 11.8 Å². The van der Waals surface area contributed by atoms with E-state index in [0.717, 1.165) is 30.0 Å². The average Bonchev–Trinajstić information content (AvgIpc) is 3.08. The Bertz CT molecular complexity index is 462. The highest BCUT2D eigenvalue weighted by molar-refractivity contribution is 7.80. The molecule has 1 heterocycles. The predicted molar refractivity (Wildman–Crippen MR) is 85.3 cm³/mol. The third-order valence-corrected chi connectivity index (χ3v) is 5.21. The van der Waals surface area contributed by atoms with Crippen LogP contribution in [-0.2, 0) is 6.54 Å². The van der Waals surface area contributed by atoms with E-state index in [1.165, 1.54) is 31.2 Å². The lowest BCUT2D eigenvalue weighted by atomic mass is 9.95. The third kappa shape index (κ3) is 2.95. The summed E-state index contributed by atoms with van der Waals surface area (Å²) in [6.07, 6.45) is 9.24. The van der Waals surface area contributed by atoms with Crippen molar-refractivity contribution in [2.45, 2.75) is 45.2 Å². The molecule has 20 heavy (non-hydrogen) atoms. The lowest BCUT2D eigenvalue weighted by Crippen LogP contribution is -2.46. The number of hydrogen-bond acceptors (Lipinski definition) is 2. The molecular weight excluding hydrogens is 266 g/mol. The fraction of sp³-hybridized carbons (Fsp3) is 0.625. The van der Waals surface area contributed by atoms with Crippen LogP contribution in [0.2, 0.25) is 0 Å². The van der Waals surface area contributed by atoms with Crippen LogP contribution in [0, 0.1) is 11.8 Å². The number of aromatic nitrogens is 1. The fourth-order valence-electron chi connectivity index (χ4n) is 3.71. The maximum absolute atomic E-state index is 5.63. The quantitative estimate of drug-likeness (QED) is 0.863. The van der Waals surface area contributed by atoms with Crippen LogP contribution >= 0.6 is 12.2 Å². The van der Waals surface area contributed by atoms with Gasteiger partial charge in [-0.2, -0.15) is 0 Å². The Morgan fingerprint density at radius 3 is 2.75 bits per heavy atom. The zero-order valence-electron chi connectivity index (χ0n) is 12.1. The van der Waals surface area contributed by atoms with E-state index in [1.807, 2.05) is 12.4 Å². The first-order valence-electron chi connectivity index (χ1n) is 7.70. The van der Waals surface area contributed by atoms with Crippen LogP contribution in [-0.4, -0.2) is 27.6 Å². The van der Waals surface area contributed by atoms with E-state index in [0.29, 0.717) is 6.04 Å². The van der Waals surface area contributed by atoms with E-state index in [9.17, 15) is 0 Å². The van der Waals surface area contributed by atoms with Crippen molar-refractivity contribution in [3.8, 4) is 0 Å². The van der Waals surface area contributed by atoms with Crippen molar-refractivity contribution >= 4 is 17.3 Å². The summed E-state index contributed by atoms with van der Waals surface area (Å²) in [5.74, 6) is 1.81. The Balaban J connectivity index is 1.57. The standard InChI is InChI=1S/C16H23N3S/c1-2-19(11-12-5-7-17-8-6-12)16(20)18-15-10-13-3-4-14(15)9-13/h5-8,13-15H,2-4,9-11H2,1H3,(H,18,20)/t13-,14+,15+/m0/s1. The molecule has 2 aliphatic carbocycles. The molecule has 0 aromatic carbocycles. The zero-order chi connectivity index (χ0) is 13.9. The van der Waals surface area contributed by atoms with Gasteiger partial charge in [0.15, 0.2) is 5.11 Å². The molecule has 0 saturated heterocycles. The zero-order valence-corrected chi connectivity index (χ0v) is 12.9. The molecule has 4 heteroatoms. The van der Waals surface area contributed by atoms with Crippen molar-refractivity contribution in [1.29, 1.82) is 0 Å². The monoisotopic (exact) mass is 289 g/mol. The molecule has 0 radical (unpaired) electrons. The SMILES string of the molecule is CCN(Cc1ccncc1)C(=S)N[C@@H]1C[C@H]2CC[C@@H]1C2. The first-order valence-corrected chi connectivity index (χ1v) is 8.11. The van der Waals surface area contributed by atoms with Crippen molar-refractivity contribution in [3.05, 3.63) is 30.1 Å². The summed E-state index contributed by atoms with van der Waals surface area (Å²) in [6, 6.07) is 4.73. The minimum absolute atomic E-state index is 0.618. The van der Waals surface area contributed by atoms with Gasteiger partial charge in [-0.3, -0.25) is 4.98 Å². The van der Waals surface area contributed by atoms with E-state index in [-0.39, 0.29) is 0 Å². The smallest absolute Gasteiger partial charge is 0.169 e. The summed E-state index contributed by atoms with van der Waals surface area (Å²) < 4.78 is 0. The molecule has 2 saturated carbocycles. The van der Waals surface area contributed by atoms with Crippen LogP contribution in [0.25, 0.3) is 0 Å². The lowest BCUT2D eigenvalue weighted by Gasteiger charge is -2.30. The van der Waals surface area contributed by atoms with Crippen LogP contribution in [0.3, 0.4) is 0 Å². The van der Waals surface area contributed by atoms with E-state index in [2.05, 4.69) is 34.3 Å². The van der Waals surface area contributed by atoms with E-state index in [1.54, 1.807) is 0 Å². The third-order valence-electron chi connectivity index (χ3n) is 4.84. The number of rotatable bonds is 4. The highest BCUT2D eigenvalue weighted by Gasteiger charge is 2.39. The molecule has 1 aromatic rings. The molecule has 0 spiro atoms. The topological polar surface area (TPSA) is 28.2 Å². The van der Waals surface area contributed by atoms with Gasteiger partial charge in [0.2, 0.25) is 0 Å². The summed E-state index contributed by atoms with van der Waals surface area (Å²) in [4.78, 5) is 6.31. The normalized spacial score (nSPS) is 27.6. The number of hydrogen-bond donors (Lipinski definition) is 1. The summed E-state index contributed by atoms with van der Waals surface area (Å²) in [5, 5.41) is 4.54. The van der Waals surface area contributed by atoms with Gasteiger partial charge in [-0.1, -0.05) is 6.42 Å². The molecule has 2 aliphatic rings. The first-order chi connectivity index (χ1) is 9.76. The molecule has 3 nitrogen and oxygen atoms in total. The summed E-state index contributed by atoms with van der Waals surface area (Å²) in [6.45, 7) is 3.97. The van der Waals surface area contributed by atoms with Gasteiger partial charge in [-0.05, 0) is 67.9 Å². The molecule has 2 fully saturated rings. The highest BCUT2D eigenvalue weighted by atomic mass is 32.1. The van der Waals surface area contributed by atoms with Gasteiger partial charge < -0.3 is 10.2 Å². The average molecular weight is 289 g/mol. The van der Waals surface area contributed by atoms with Crippen LogP contribution in [0.15, 0.2) is 24.5 Å². The summed E-state index contributed by atoms with van der Waals surface area (Å²) in [5.41, 5.74) is 1.26. The van der Waals surface area contributed by atoms with Crippen LogP contribution in [0.1, 0.15) is 38.2 Å².